The number of sulfone groups is 1. The average molecular weight is 310 g/mol. The third-order valence-electron chi connectivity index (χ3n) is 2.99. The zero-order valence-corrected chi connectivity index (χ0v) is 12.3. The van der Waals surface area contributed by atoms with Gasteiger partial charge in [0, 0.05) is 10.9 Å². The summed E-state index contributed by atoms with van der Waals surface area (Å²) in [5, 5.41) is 11.4. The number of rotatable bonds is 4. The van der Waals surface area contributed by atoms with Gasteiger partial charge in [-0.2, -0.15) is 5.26 Å². The van der Waals surface area contributed by atoms with Gasteiger partial charge in [0.15, 0.2) is 9.84 Å². The quantitative estimate of drug-likeness (QED) is 0.845. The van der Waals surface area contributed by atoms with Gasteiger partial charge in [0.25, 0.3) is 5.91 Å². The molecule has 1 N–H and O–H groups in total. The SMILES string of the molecule is N#CCSc1ccccc1C(=O)N[C@H]1CCS(=O)(=O)C1. The molecule has 0 spiro atoms. The fraction of sp³-hybridized carbons (Fsp3) is 0.385. The fourth-order valence-electron chi connectivity index (χ4n) is 2.06. The second kappa shape index (κ2) is 6.29. The zero-order chi connectivity index (χ0) is 14.6. The highest BCUT2D eigenvalue weighted by Crippen LogP contribution is 2.22. The number of nitrogens with zero attached hydrogens (tertiary/aromatic N) is 1. The zero-order valence-electron chi connectivity index (χ0n) is 10.7. The third kappa shape index (κ3) is 3.74. The van der Waals surface area contributed by atoms with Crippen LogP contribution in [0.15, 0.2) is 29.2 Å². The van der Waals surface area contributed by atoms with E-state index in [2.05, 4.69) is 5.32 Å². The van der Waals surface area contributed by atoms with Crippen LogP contribution in [-0.4, -0.2) is 37.6 Å². The molecule has 1 aromatic carbocycles. The van der Waals surface area contributed by atoms with Crippen molar-refractivity contribution in [2.45, 2.75) is 17.4 Å². The summed E-state index contributed by atoms with van der Waals surface area (Å²) in [5.41, 5.74) is 0.483. The topological polar surface area (TPSA) is 87.0 Å². The largest absolute Gasteiger partial charge is 0.348 e. The van der Waals surface area contributed by atoms with E-state index >= 15 is 0 Å². The molecule has 0 unspecified atom stereocenters. The summed E-state index contributed by atoms with van der Waals surface area (Å²) in [6.45, 7) is 0. The van der Waals surface area contributed by atoms with Crippen molar-refractivity contribution in [3.05, 3.63) is 29.8 Å². The first-order valence-corrected chi connectivity index (χ1v) is 8.92. The number of hydrogen-bond donors (Lipinski definition) is 1. The van der Waals surface area contributed by atoms with Crippen molar-refractivity contribution in [3.8, 4) is 6.07 Å². The number of hydrogen-bond acceptors (Lipinski definition) is 5. The molecule has 1 amide bonds. The van der Waals surface area contributed by atoms with Crippen molar-refractivity contribution in [2.75, 3.05) is 17.3 Å². The van der Waals surface area contributed by atoms with E-state index in [1.54, 1.807) is 24.3 Å². The Balaban J connectivity index is 2.08. The molecule has 0 radical (unpaired) electrons. The molecule has 20 heavy (non-hydrogen) atoms. The van der Waals surface area contributed by atoms with Crippen LogP contribution in [0.2, 0.25) is 0 Å². The van der Waals surface area contributed by atoms with Crippen LogP contribution in [0.3, 0.4) is 0 Å². The molecule has 1 fully saturated rings. The lowest BCUT2D eigenvalue weighted by Gasteiger charge is -2.12. The lowest BCUT2D eigenvalue weighted by Crippen LogP contribution is -2.35. The predicted molar refractivity (Wildman–Crippen MR) is 77.3 cm³/mol. The van der Waals surface area contributed by atoms with Crippen LogP contribution in [0.1, 0.15) is 16.8 Å². The molecular formula is C13H14N2O3S2. The Morgan fingerprint density at radius 1 is 1.45 bits per heavy atom. The molecule has 0 aliphatic carbocycles. The van der Waals surface area contributed by atoms with Crippen molar-refractivity contribution in [1.82, 2.24) is 5.32 Å². The molecule has 1 aliphatic rings. The van der Waals surface area contributed by atoms with Crippen LogP contribution >= 0.6 is 11.8 Å². The van der Waals surface area contributed by atoms with Gasteiger partial charge in [-0.05, 0) is 18.6 Å². The number of carbonyl (C=O) groups is 1. The van der Waals surface area contributed by atoms with E-state index in [-0.39, 0.29) is 29.2 Å². The Bertz CT molecular complexity index is 650. The second-order valence-corrected chi connectivity index (χ2v) is 7.76. The monoisotopic (exact) mass is 310 g/mol. The normalized spacial score (nSPS) is 20.2. The number of carbonyl (C=O) groups excluding carboxylic acids is 1. The van der Waals surface area contributed by atoms with Crippen LogP contribution in [0.5, 0.6) is 0 Å². The van der Waals surface area contributed by atoms with Crippen LogP contribution in [0, 0.1) is 11.3 Å². The highest BCUT2D eigenvalue weighted by molar-refractivity contribution is 7.99. The van der Waals surface area contributed by atoms with Gasteiger partial charge in [-0.25, -0.2) is 8.42 Å². The Morgan fingerprint density at radius 2 is 2.20 bits per heavy atom. The molecule has 0 aromatic heterocycles. The molecule has 0 saturated carbocycles. The van der Waals surface area contributed by atoms with Gasteiger partial charge in [0.05, 0.1) is 28.9 Å². The van der Waals surface area contributed by atoms with Crippen molar-refractivity contribution >= 4 is 27.5 Å². The van der Waals surface area contributed by atoms with Crippen molar-refractivity contribution in [2.24, 2.45) is 0 Å². The summed E-state index contributed by atoms with van der Waals surface area (Å²) in [5.74, 6) is 0.116. The standard InChI is InChI=1S/C13H14N2O3S2/c14-6-7-19-12-4-2-1-3-11(12)13(16)15-10-5-8-20(17,18)9-10/h1-4,10H,5,7-9H2,(H,15,16)/t10-/m0/s1. The van der Waals surface area contributed by atoms with E-state index in [1.807, 2.05) is 6.07 Å². The molecule has 1 aromatic rings. The van der Waals surface area contributed by atoms with Gasteiger partial charge in [-0.3, -0.25) is 4.79 Å². The van der Waals surface area contributed by atoms with Gasteiger partial charge in [-0.15, -0.1) is 11.8 Å². The first-order chi connectivity index (χ1) is 9.52. The van der Waals surface area contributed by atoms with Gasteiger partial charge in [0.1, 0.15) is 0 Å². The van der Waals surface area contributed by atoms with E-state index in [4.69, 9.17) is 5.26 Å². The predicted octanol–water partition coefficient (Wildman–Crippen LogP) is 1.22. The Morgan fingerprint density at radius 3 is 2.85 bits per heavy atom. The number of nitriles is 1. The highest BCUT2D eigenvalue weighted by atomic mass is 32.2. The Kier molecular flexibility index (Phi) is 4.68. The third-order valence-corrected chi connectivity index (χ3v) is 5.70. The summed E-state index contributed by atoms with van der Waals surface area (Å²) in [7, 11) is -3.01. The van der Waals surface area contributed by atoms with Crippen molar-refractivity contribution in [1.29, 1.82) is 5.26 Å². The smallest absolute Gasteiger partial charge is 0.252 e. The summed E-state index contributed by atoms with van der Waals surface area (Å²) in [6, 6.07) is 8.71. The van der Waals surface area contributed by atoms with Crippen LogP contribution in [0.4, 0.5) is 0 Å². The highest BCUT2D eigenvalue weighted by Gasteiger charge is 2.29. The maximum Gasteiger partial charge on any atom is 0.252 e. The lowest BCUT2D eigenvalue weighted by atomic mass is 10.2. The first-order valence-electron chi connectivity index (χ1n) is 6.12. The van der Waals surface area contributed by atoms with E-state index in [0.717, 1.165) is 4.90 Å². The van der Waals surface area contributed by atoms with Gasteiger partial charge < -0.3 is 5.32 Å². The number of benzene rings is 1. The maximum absolute atomic E-state index is 12.2. The molecule has 7 heteroatoms. The van der Waals surface area contributed by atoms with Gasteiger partial charge >= 0.3 is 0 Å². The minimum atomic E-state index is -3.01. The number of thioether (sulfide) groups is 1. The number of amides is 1. The average Bonchev–Trinajstić information content (AvgIpc) is 2.76. The van der Waals surface area contributed by atoms with E-state index < -0.39 is 9.84 Å². The van der Waals surface area contributed by atoms with E-state index in [0.29, 0.717) is 12.0 Å². The molecule has 1 heterocycles. The molecule has 1 saturated heterocycles. The minimum absolute atomic E-state index is 0.00620. The lowest BCUT2D eigenvalue weighted by molar-refractivity contribution is 0.0938. The van der Waals surface area contributed by atoms with Gasteiger partial charge in [-0.1, -0.05) is 12.1 Å². The Labute approximate surface area is 122 Å². The van der Waals surface area contributed by atoms with Crippen LogP contribution < -0.4 is 5.32 Å². The van der Waals surface area contributed by atoms with Gasteiger partial charge in [0.2, 0.25) is 0 Å². The molecule has 2 rings (SSSR count). The van der Waals surface area contributed by atoms with E-state index in [1.165, 1.54) is 11.8 Å². The van der Waals surface area contributed by atoms with Crippen LogP contribution in [0.25, 0.3) is 0 Å². The molecule has 1 atom stereocenters. The molecule has 0 bridgehead atoms. The van der Waals surface area contributed by atoms with E-state index in [9.17, 15) is 13.2 Å². The maximum atomic E-state index is 12.2. The summed E-state index contributed by atoms with van der Waals surface area (Å²) >= 11 is 1.29. The van der Waals surface area contributed by atoms with Crippen molar-refractivity contribution in [3.63, 3.8) is 0 Å². The summed E-state index contributed by atoms with van der Waals surface area (Å²) in [6.07, 6.45) is 0.460. The molecule has 1 aliphatic heterocycles. The molecular weight excluding hydrogens is 296 g/mol. The molecule has 5 nitrogen and oxygen atoms in total. The Hall–Kier alpha value is -1.52. The summed E-state index contributed by atoms with van der Waals surface area (Å²) in [4.78, 5) is 12.9. The van der Waals surface area contributed by atoms with Crippen LogP contribution in [-0.2, 0) is 9.84 Å². The minimum Gasteiger partial charge on any atom is -0.348 e. The molecule has 106 valence electrons. The van der Waals surface area contributed by atoms with Crippen molar-refractivity contribution < 1.29 is 13.2 Å². The second-order valence-electron chi connectivity index (χ2n) is 4.52. The summed E-state index contributed by atoms with van der Waals surface area (Å²) < 4.78 is 22.8. The number of nitrogens with one attached hydrogen (secondary N) is 1. The fourth-order valence-corrected chi connectivity index (χ4v) is 4.45. The first kappa shape index (κ1) is 14.9.